The van der Waals surface area contributed by atoms with E-state index in [1.807, 2.05) is 36.4 Å². The predicted molar refractivity (Wildman–Crippen MR) is 90.7 cm³/mol. The Kier molecular flexibility index (Phi) is 5.91. The molecule has 0 saturated heterocycles. The Morgan fingerprint density at radius 3 is 2.50 bits per heavy atom. The van der Waals surface area contributed by atoms with Gasteiger partial charge < -0.3 is 5.32 Å². The number of rotatable bonds is 5. The van der Waals surface area contributed by atoms with Crippen molar-refractivity contribution in [2.45, 2.75) is 19.4 Å². The summed E-state index contributed by atoms with van der Waals surface area (Å²) in [5.74, 6) is 0. The van der Waals surface area contributed by atoms with E-state index >= 15 is 0 Å². The lowest BCUT2D eigenvalue weighted by molar-refractivity contribution is 0.598. The highest BCUT2D eigenvalue weighted by molar-refractivity contribution is 9.10. The minimum atomic E-state index is 0.0669. The molecule has 2 rings (SSSR count). The molecule has 2 aromatic carbocycles. The van der Waals surface area contributed by atoms with Crippen LogP contribution in [0.1, 0.15) is 30.5 Å². The van der Waals surface area contributed by atoms with Crippen LogP contribution in [-0.4, -0.2) is 6.54 Å². The molecule has 0 heterocycles. The van der Waals surface area contributed by atoms with Gasteiger partial charge in [0.1, 0.15) is 0 Å². The second kappa shape index (κ2) is 7.46. The first-order valence-electron chi connectivity index (χ1n) is 6.56. The van der Waals surface area contributed by atoms with E-state index in [1.165, 1.54) is 0 Å². The number of nitrogens with one attached hydrogen (secondary N) is 1. The number of halogens is 3. The minimum absolute atomic E-state index is 0.0669. The van der Waals surface area contributed by atoms with Gasteiger partial charge in [0, 0.05) is 9.50 Å². The van der Waals surface area contributed by atoms with Gasteiger partial charge in [-0.25, -0.2) is 0 Å². The van der Waals surface area contributed by atoms with E-state index in [2.05, 4.69) is 34.2 Å². The molecule has 0 aromatic heterocycles. The number of hydrogen-bond donors (Lipinski definition) is 1. The Morgan fingerprint density at radius 2 is 1.85 bits per heavy atom. The summed E-state index contributed by atoms with van der Waals surface area (Å²) in [6.45, 7) is 3.07. The van der Waals surface area contributed by atoms with Crippen LogP contribution < -0.4 is 5.32 Å². The van der Waals surface area contributed by atoms with Crippen LogP contribution in [0, 0.1) is 0 Å². The SMILES string of the molecule is CCCNC(c1ccc(Cl)c(Br)c1)c1ccccc1Cl. The zero-order chi connectivity index (χ0) is 14.5. The molecule has 1 nitrogen and oxygen atoms in total. The standard InChI is InChI=1S/C16H16BrCl2N/c1-2-9-20-16(12-5-3-4-6-14(12)18)11-7-8-15(19)13(17)10-11/h3-8,10,16,20H,2,9H2,1H3. The highest BCUT2D eigenvalue weighted by Gasteiger charge is 2.16. The highest BCUT2D eigenvalue weighted by atomic mass is 79.9. The van der Waals surface area contributed by atoms with Gasteiger partial charge in [0.2, 0.25) is 0 Å². The molecule has 4 heteroatoms. The van der Waals surface area contributed by atoms with Gasteiger partial charge in [0.25, 0.3) is 0 Å². The average molecular weight is 373 g/mol. The van der Waals surface area contributed by atoms with E-state index in [1.54, 1.807) is 0 Å². The Labute approximate surface area is 138 Å². The molecule has 0 bridgehead atoms. The lowest BCUT2D eigenvalue weighted by Gasteiger charge is -2.21. The predicted octanol–water partition coefficient (Wildman–Crippen LogP) is 5.84. The maximum absolute atomic E-state index is 6.34. The first-order valence-corrected chi connectivity index (χ1v) is 8.11. The molecular weight excluding hydrogens is 357 g/mol. The summed E-state index contributed by atoms with van der Waals surface area (Å²) in [4.78, 5) is 0. The van der Waals surface area contributed by atoms with Gasteiger partial charge in [-0.1, -0.05) is 54.4 Å². The maximum Gasteiger partial charge on any atom is 0.0591 e. The molecule has 0 aliphatic heterocycles. The molecule has 20 heavy (non-hydrogen) atoms. The molecule has 1 N–H and O–H groups in total. The number of benzene rings is 2. The Hall–Kier alpha value is -0.540. The van der Waals surface area contributed by atoms with Crippen molar-refractivity contribution in [3.05, 3.63) is 68.1 Å². The van der Waals surface area contributed by atoms with Gasteiger partial charge in [0.05, 0.1) is 11.1 Å². The molecule has 0 saturated carbocycles. The van der Waals surface area contributed by atoms with E-state index in [0.717, 1.165) is 33.6 Å². The van der Waals surface area contributed by atoms with Gasteiger partial charge in [0.15, 0.2) is 0 Å². The molecule has 0 fully saturated rings. The summed E-state index contributed by atoms with van der Waals surface area (Å²) >= 11 is 15.9. The topological polar surface area (TPSA) is 12.0 Å². The molecule has 0 aliphatic carbocycles. The smallest absolute Gasteiger partial charge is 0.0591 e. The number of hydrogen-bond acceptors (Lipinski definition) is 1. The molecule has 0 radical (unpaired) electrons. The van der Waals surface area contributed by atoms with Crippen molar-refractivity contribution in [3.63, 3.8) is 0 Å². The van der Waals surface area contributed by atoms with Crippen LogP contribution in [0.3, 0.4) is 0 Å². The van der Waals surface area contributed by atoms with Crippen LogP contribution in [0.15, 0.2) is 46.9 Å². The van der Waals surface area contributed by atoms with Gasteiger partial charge in [-0.05, 0) is 58.2 Å². The fraction of sp³-hybridized carbons (Fsp3) is 0.250. The first-order chi connectivity index (χ1) is 9.63. The van der Waals surface area contributed by atoms with Crippen LogP contribution in [0.5, 0.6) is 0 Å². The van der Waals surface area contributed by atoms with Crippen LogP contribution in [-0.2, 0) is 0 Å². The fourth-order valence-corrected chi connectivity index (χ4v) is 2.86. The van der Waals surface area contributed by atoms with E-state index in [0.29, 0.717) is 5.02 Å². The third kappa shape index (κ3) is 3.76. The summed E-state index contributed by atoms with van der Waals surface area (Å²) in [5.41, 5.74) is 2.22. The summed E-state index contributed by atoms with van der Waals surface area (Å²) in [6.07, 6.45) is 1.07. The van der Waals surface area contributed by atoms with E-state index < -0.39 is 0 Å². The minimum Gasteiger partial charge on any atom is -0.306 e. The van der Waals surface area contributed by atoms with Crippen molar-refractivity contribution in [2.24, 2.45) is 0 Å². The fourth-order valence-electron chi connectivity index (χ4n) is 2.10. The van der Waals surface area contributed by atoms with Crippen LogP contribution in [0.4, 0.5) is 0 Å². The monoisotopic (exact) mass is 371 g/mol. The summed E-state index contributed by atoms with van der Waals surface area (Å²) < 4.78 is 0.895. The van der Waals surface area contributed by atoms with Crippen molar-refractivity contribution < 1.29 is 0 Å². The normalized spacial score (nSPS) is 12.4. The van der Waals surface area contributed by atoms with E-state index in [4.69, 9.17) is 23.2 Å². The van der Waals surface area contributed by atoms with Crippen molar-refractivity contribution >= 4 is 39.1 Å². The van der Waals surface area contributed by atoms with Crippen molar-refractivity contribution in [2.75, 3.05) is 6.54 Å². The molecule has 0 aliphatic rings. The summed E-state index contributed by atoms with van der Waals surface area (Å²) in [7, 11) is 0. The van der Waals surface area contributed by atoms with Crippen LogP contribution >= 0.6 is 39.1 Å². The van der Waals surface area contributed by atoms with E-state index in [9.17, 15) is 0 Å². The van der Waals surface area contributed by atoms with Crippen LogP contribution in [0.25, 0.3) is 0 Å². The molecule has 0 amide bonds. The molecule has 106 valence electrons. The Bertz CT molecular complexity index is 586. The van der Waals surface area contributed by atoms with Gasteiger partial charge in [-0.15, -0.1) is 0 Å². The summed E-state index contributed by atoms with van der Waals surface area (Å²) in [5, 5.41) is 5.02. The Morgan fingerprint density at radius 1 is 1.10 bits per heavy atom. The zero-order valence-electron chi connectivity index (χ0n) is 11.2. The third-order valence-corrected chi connectivity index (χ3v) is 4.65. The maximum atomic E-state index is 6.34. The lowest BCUT2D eigenvalue weighted by atomic mass is 9.98. The van der Waals surface area contributed by atoms with Gasteiger partial charge >= 0.3 is 0 Å². The van der Waals surface area contributed by atoms with Crippen molar-refractivity contribution in [3.8, 4) is 0 Å². The van der Waals surface area contributed by atoms with E-state index in [-0.39, 0.29) is 6.04 Å². The zero-order valence-corrected chi connectivity index (χ0v) is 14.3. The second-order valence-corrected chi connectivity index (χ2v) is 6.25. The highest BCUT2D eigenvalue weighted by Crippen LogP contribution is 2.32. The largest absolute Gasteiger partial charge is 0.306 e. The lowest BCUT2D eigenvalue weighted by Crippen LogP contribution is -2.23. The van der Waals surface area contributed by atoms with Crippen LogP contribution in [0.2, 0.25) is 10.0 Å². The molecule has 1 unspecified atom stereocenters. The second-order valence-electron chi connectivity index (χ2n) is 4.58. The quantitative estimate of drug-likeness (QED) is 0.694. The molecule has 2 aromatic rings. The van der Waals surface area contributed by atoms with Crippen molar-refractivity contribution in [1.82, 2.24) is 5.32 Å². The van der Waals surface area contributed by atoms with Gasteiger partial charge in [-0.3, -0.25) is 0 Å². The average Bonchev–Trinajstić information content (AvgIpc) is 2.44. The Balaban J connectivity index is 2.41. The van der Waals surface area contributed by atoms with Gasteiger partial charge in [-0.2, -0.15) is 0 Å². The molecule has 0 spiro atoms. The summed E-state index contributed by atoms with van der Waals surface area (Å²) in [6, 6.07) is 14.0. The van der Waals surface area contributed by atoms with Crippen molar-refractivity contribution in [1.29, 1.82) is 0 Å². The molecule has 1 atom stereocenters. The first kappa shape index (κ1) is 15.8. The molecular formula is C16H16BrCl2N. The third-order valence-electron chi connectivity index (χ3n) is 3.09.